The van der Waals surface area contributed by atoms with E-state index in [1.54, 1.807) is 0 Å². The lowest BCUT2D eigenvalue weighted by Gasteiger charge is -2.26. The lowest BCUT2D eigenvalue weighted by Crippen LogP contribution is -2.33. The van der Waals surface area contributed by atoms with E-state index < -0.39 is 17.2 Å². The first-order chi connectivity index (χ1) is 8.62. The molecule has 0 bridgehead atoms. The summed E-state index contributed by atoms with van der Waals surface area (Å²) in [6.07, 6.45) is 0.567. The van der Waals surface area contributed by atoms with Crippen molar-refractivity contribution in [2.75, 3.05) is 0 Å². The number of hydrogen-bond donors (Lipinski definition) is 0. The largest absolute Gasteiger partial charge is 0.369 e. The van der Waals surface area contributed by atoms with E-state index >= 15 is 0 Å². The highest BCUT2D eigenvalue weighted by atomic mass is 19.2. The molecule has 2 nitrogen and oxygen atoms in total. The van der Waals surface area contributed by atoms with Crippen LogP contribution in [-0.2, 0) is 4.74 Å². The number of halogens is 2. The summed E-state index contributed by atoms with van der Waals surface area (Å²) in [4.78, 5) is 12.4. The first kappa shape index (κ1) is 14.1. The van der Waals surface area contributed by atoms with E-state index in [4.69, 9.17) is 4.74 Å². The zero-order valence-electron chi connectivity index (χ0n) is 11.6. The molecule has 1 atom stereocenters. The minimum atomic E-state index is -0.998. The third-order valence-corrected chi connectivity index (χ3v) is 3.59. The first-order valence-corrected chi connectivity index (χ1v) is 6.32. The molecule has 19 heavy (non-hydrogen) atoms. The number of hydrogen-bond acceptors (Lipinski definition) is 2. The average Bonchev–Trinajstić information content (AvgIpc) is 2.49. The number of benzene rings is 1. The molecule has 0 aliphatic carbocycles. The summed E-state index contributed by atoms with van der Waals surface area (Å²) < 4.78 is 32.0. The molecule has 0 saturated carbocycles. The van der Waals surface area contributed by atoms with E-state index in [-0.39, 0.29) is 22.9 Å². The molecule has 1 aliphatic rings. The molecule has 1 heterocycles. The van der Waals surface area contributed by atoms with Crippen LogP contribution in [0.1, 0.15) is 44.5 Å². The van der Waals surface area contributed by atoms with Crippen LogP contribution in [0.4, 0.5) is 8.78 Å². The Labute approximate surface area is 111 Å². The van der Waals surface area contributed by atoms with Crippen LogP contribution in [0.5, 0.6) is 0 Å². The van der Waals surface area contributed by atoms with Crippen LogP contribution in [0.2, 0.25) is 0 Å². The average molecular weight is 268 g/mol. The molecule has 4 heteroatoms. The quantitative estimate of drug-likeness (QED) is 0.764. The first-order valence-electron chi connectivity index (χ1n) is 6.32. The Morgan fingerprint density at radius 2 is 1.84 bits per heavy atom. The molecule has 1 aromatic carbocycles. The van der Waals surface area contributed by atoms with Crippen LogP contribution in [0.15, 0.2) is 18.2 Å². The molecule has 2 rings (SSSR count). The molecule has 0 spiro atoms. The zero-order valence-corrected chi connectivity index (χ0v) is 11.6. The van der Waals surface area contributed by atoms with Gasteiger partial charge in [-0.1, -0.05) is 0 Å². The molecule has 1 unspecified atom stereocenters. The maximum Gasteiger partial charge on any atom is 0.169 e. The molecular formula is C15H18F2O2. The molecule has 1 fully saturated rings. The van der Waals surface area contributed by atoms with Gasteiger partial charge in [0, 0.05) is 5.56 Å². The minimum Gasteiger partial charge on any atom is -0.369 e. The Hall–Kier alpha value is -1.29. The molecule has 0 amide bonds. The summed E-state index contributed by atoms with van der Waals surface area (Å²) >= 11 is 0. The highest BCUT2D eigenvalue weighted by molar-refractivity contribution is 5.98. The highest BCUT2D eigenvalue weighted by Crippen LogP contribution is 2.43. The number of ether oxygens (including phenoxy) is 1. The van der Waals surface area contributed by atoms with E-state index in [1.165, 1.54) is 6.07 Å². The maximum absolute atomic E-state index is 13.2. The molecule has 1 aromatic rings. The Bertz CT molecular complexity index is 521. The number of carbonyl (C=O) groups is 1. The third-order valence-electron chi connectivity index (χ3n) is 3.59. The van der Waals surface area contributed by atoms with Gasteiger partial charge in [-0.25, -0.2) is 8.78 Å². The molecule has 0 radical (unpaired) electrons. The number of rotatable bonds is 2. The molecule has 0 aromatic heterocycles. The summed E-state index contributed by atoms with van der Waals surface area (Å²) in [6.45, 7) is 7.55. The summed E-state index contributed by atoms with van der Waals surface area (Å²) in [5.41, 5.74) is -0.799. The predicted molar refractivity (Wildman–Crippen MR) is 68.0 cm³/mol. The monoisotopic (exact) mass is 268 g/mol. The van der Waals surface area contributed by atoms with E-state index in [0.29, 0.717) is 6.42 Å². The van der Waals surface area contributed by atoms with Gasteiger partial charge in [0.25, 0.3) is 0 Å². The van der Waals surface area contributed by atoms with E-state index in [1.807, 2.05) is 27.7 Å². The second kappa shape index (κ2) is 4.37. The van der Waals surface area contributed by atoms with Gasteiger partial charge >= 0.3 is 0 Å². The van der Waals surface area contributed by atoms with E-state index in [2.05, 4.69) is 0 Å². The summed E-state index contributed by atoms with van der Waals surface area (Å²) in [6, 6.07) is 3.26. The smallest absolute Gasteiger partial charge is 0.169 e. The van der Waals surface area contributed by atoms with Crippen molar-refractivity contribution >= 4 is 5.78 Å². The van der Waals surface area contributed by atoms with Crippen LogP contribution in [-0.4, -0.2) is 17.0 Å². The molecule has 0 N–H and O–H groups in total. The number of carbonyl (C=O) groups excluding carboxylic acids is 1. The fraction of sp³-hybridized carbons (Fsp3) is 0.533. The molecular weight excluding hydrogens is 250 g/mol. The second-order valence-electron chi connectivity index (χ2n) is 6.22. The Morgan fingerprint density at radius 3 is 2.32 bits per heavy atom. The number of ketones is 1. The van der Waals surface area contributed by atoms with Gasteiger partial charge in [-0.15, -0.1) is 0 Å². The van der Waals surface area contributed by atoms with Crippen LogP contribution in [0, 0.1) is 17.6 Å². The second-order valence-corrected chi connectivity index (χ2v) is 6.22. The summed E-state index contributed by atoms with van der Waals surface area (Å²) in [5.74, 6) is -2.50. The standard InChI is InChI=1S/C15H18F2O2/c1-14(2)8-10(15(3,4)19-14)13(18)9-5-6-11(16)12(17)7-9/h5-7,10H,8H2,1-4H3. The van der Waals surface area contributed by atoms with Crippen molar-refractivity contribution in [2.24, 2.45) is 5.92 Å². The van der Waals surface area contributed by atoms with Crippen LogP contribution >= 0.6 is 0 Å². The Balaban J connectivity index is 2.31. The zero-order chi connectivity index (χ0) is 14.4. The van der Waals surface area contributed by atoms with Crippen molar-refractivity contribution in [2.45, 2.75) is 45.3 Å². The molecule has 1 saturated heterocycles. The van der Waals surface area contributed by atoms with Crippen molar-refractivity contribution < 1.29 is 18.3 Å². The Morgan fingerprint density at radius 1 is 1.21 bits per heavy atom. The highest BCUT2D eigenvalue weighted by Gasteiger charge is 2.49. The van der Waals surface area contributed by atoms with Crippen molar-refractivity contribution in [3.05, 3.63) is 35.4 Å². The van der Waals surface area contributed by atoms with Gasteiger partial charge in [0.15, 0.2) is 17.4 Å². The van der Waals surface area contributed by atoms with E-state index in [9.17, 15) is 13.6 Å². The summed E-state index contributed by atoms with van der Waals surface area (Å²) in [7, 11) is 0. The SMILES string of the molecule is CC1(C)CC(C(=O)c2ccc(F)c(F)c2)C(C)(C)O1. The van der Waals surface area contributed by atoms with E-state index in [0.717, 1.165) is 12.1 Å². The lowest BCUT2D eigenvalue weighted by atomic mass is 9.81. The minimum absolute atomic E-state index is 0.193. The van der Waals surface area contributed by atoms with Crippen LogP contribution < -0.4 is 0 Å². The van der Waals surface area contributed by atoms with Gasteiger partial charge in [0.05, 0.1) is 17.1 Å². The van der Waals surface area contributed by atoms with Gasteiger partial charge in [0.2, 0.25) is 0 Å². The van der Waals surface area contributed by atoms with Gasteiger partial charge in [-0.2, -0.15) is 0 Å². The molecule has 1 aliphatic heterocycles. The number of Topliss-reactive ketones (excluding diaryl/α,β-unsaturated/α-hetero) is 1. The van der Waals surface area contributed by atoms with Gasteiger partial charge in [-0.3, -0.25) is 4.79 Å². The topological polar surface area (TPSA) is 26.3 Å². The third kappa shape index (κ3) is 2.68. The van der Waals surface area contributed by atoms with Crippen molar-refractivity contribution in [3.8, 4) is 0 Å². The molecule has 104 valence electrons. The fourth-order valence-electron chi connectivity index (χ4n) is 2.82. The Kier molecular flexibility index (Phi) is 3.25. The van der Waals surface area contributed by atoms with Crippen molar-refractivity contribution in [1.82, 2.24) is 0 Å². The summed E-state index contributed by atoms with van der Waals surface area (Å²) in [5, 5.41) is 0. The normalized spacial score (nSPS) is 24.4. The van der Waals surface area contributed by atoms with Crippen LogP contribution in [0.25, 0.3) is 0 Å². The lowest BCUT2D eigenvalue weighted by molar-refractivity contribution is -0.0712. The van der Waals surface area contributed by atoms with Gasteiger partial charge < -0.3 is 4.74 Å². The van der Waals surface area contributed by atoms with Crippen LogP contribution in [0.3, 0.4) is 0 Å². The van der Waals surface area contributed by atoms with Gasteiger partial charge in [-0.05, 0) is 52.3 Å². The fourth-order valence-corrected chi connectivity index (χ4v) is 2.82. The van der Waals surface area contributed by atoms with Gasteiger partial charge in [0.1, 0.15) is 0 Å². The van der Waals surface area contributed by atoms with Crippen molar-refractivity contribution in [1.29, 1.82) is 0 Å². The van der Waals surface area contributed by atoms with Crippen molar-refractivity contribution in [3.63, 3.8) is 0 Å². The maximum atomic E-state index is 13.2. The predicted octanol–water partition coefficient (Wildman–Crippen LogP) is 3.74.